The zero-order valence-corrected chi connectivity index (χ0v) is 10.7. The lowest BCUT2D eigenvalue weighted by molar-refractivity contribution is -0.132. The van der Waals surface area contributed by atoms with Crippen LogP contribution in [0.5, 0.6) is 0 Å². The molecule has 0 saturated carbocycles. The van der Waals surface area contributed by atoms with E-state index in [4.69, 9.17) is 28.6 Å². The lowest BCUT2D eigenvalue weighted by atomic mass is 10.1. The second kappa shape index (κ2) is 4.95. The van der Waals surface area contributed by atoms with Gasteiger partial charge in [-0.1, -0.05) is 23.2 Å². The lowest BCUT2D eigenvalue weighted by Crippen LogP contribution is -2.24. The average molecular weight is 280 g/mol. The fourth-order valence-corrected chi connectivity index (χ4v) is 2.70. The summed E-state index contributed by atoms with van der Waals surface area (Å²) in [7, 11) is 1.10. The van der Waals surface area contributed by atoms with Crippen molar-refractivity contribution in [3.8, 4) is 0 Å². The van der Waals surface area contributed by atoms with Crippen LogP contribution in [-0.2, 0) is 9.53 Å². The van der Waals surface area contributed by atoms with Crippen molar-refractivity contribution >= 4 is 52.0 Å². The minimum Gasteiger partial charge on any atom is -0.464 e. The number of thiophene rings is 1. The van der Waals surface area contributed by atoms with Crippen molar-refractivity contribution in [1.29, 1.82) is 5.41 Å². The number of rotatable bonds is 3. The van der Waals surface area contributed by atoms with Crippen LogP contribution >= 0.6 is 34.5 Å². The van der Waals surface area contributed by atoms with Gasteiger partial charge in [0.2, 0.25) is 5.78 Å². The van der Waals surface area contributed by atoms with E-state index in [-0.39, 0.29) is 9.90 Å². The molecular weight excluding hydrogens is 273 g/mol. The monoisotopic (exact) mass is 279 g/mol. The molecule has 1 rings (SSSR count). The summed E-state index contributed by atoms with van der Waals surface area (Å²) in [5, 5.41) is 7.32. The van der Waals surface area contributed by atoms with E-state index in [0.717, 1.165) is 18.4 Å². The van der Waals surface area contributed by atoms with Crippen LogP contribution in [0.1, 0.15) is 15.9 Å². The number of ketones is 1. The first-order chi connectivity index (χ1) is 7.40. The molecule has 0 aromatic carbocycles. The molecule has 1 aromatic heterocycles. The lowest BCUT2D eigenvalue weighted by Gasteiger charge is -2.01. The molecular formula is C9H7Cl2NO3S. The van der Waals surface area contributed by atoms with Crippen molar-refractivity contribution < 1.29 is 14.3 Å². The van der Waals surface area contributed by atoms with Crippen LogP contribution in [0.15, 0.2) is 0 Å². The summed E-state index contributed by atoms with van der Waals surface area (Å²) in [6.07, 6.45) is 0. The largest absolute Gasteiger partial charge is 0.464 e. The van der Waals surface area contributed by atoms with Gasteiger partial charge in [-0.2, -0.15) is 0 Å². The highest BCUT2D eigenvalue weighted by Crippen LogP contribution is 2.36. The highest BCUT2D eigenvalue weighted by Gasteiger charge is 2.26. The Balaban J connectivity index is 3.15. The van der Waals surface area contributed by atoms with Gasteiger partial charge in [-0.05, 0) is 12.5 Å². The van der Waals surface area contributed by atoms with E-state index in [9.17, 15) is 9.59 Å². The summed E-state index contributed by atoms with van der Waals surface area (Å²) in [6.45, 7) is 1.60. The topological polar surface area (TPSA) is 67.2 Å². The zero-order valence-electron chi connectivity index (χ0n) is 8.39. The summed E-state index contributed by atoms with van der Waals surface area (Å²) in [5.74, 6) is -1.78. The molecule has 4 nitrogen and oxygen atoms in total. The predicted molar refractivity (Wildman–Crippen MR) is 63.1 cm³/mol. The minimum absolute atomic E-state index is 0.0899. The predicted octanol–water partition coefficient (Wildman–Crippen LogP) is 2.74. The van der Waals surface area contributed by atoms with E-state index in [0.29, 0.717) is 9.90 Å². The number of carbonyl (C=O) groups excluding carboxylic acids is 2. The summed E-state index contributed by atoms with van der Waals surface area (Å²) < 4.78 is 4.82. The first-order valence-electron chi connectivity index (χ1n) is 4.06. The Hall–Kier alpha value is -0.910. The molecule has 0 spiro atoms. The van der Waals surface area contributed by atoms with Gasteiger partial charge in [0, 0.05) is 0 Å². The van der Waals surface area contributed by atoms with Crippen molar-refractivity contribution in [1.82, 2.24) is 0 Å². The van der Waals surface area contributed by atoms with Gasteiger partial charge >= 0.3 is 5.97 Å². The first kappa shape index (κ1) is 13.2. The van der Waals surface area contributed by atoms with Crippen LogP contribution in [0.25, 0.3) is 0 Å². The van der Waals surface area contributed by atoms with Crippen molar-refractivity contribution in [3.05, 3.63) is 19.8 Å². The van der Waals surface area contributed by atoms with Crippen LogP contribution < -0.4 is 0 Å². The molecule has 7 heteroatoms. The molecule has 1 N–H and O–H groups in total. The van der Waals surface area contributed by atoms with Crippen molar-refractivity contribution in [2.24, 2.45) is 0 Å². The first-order valence-corrected chi connectivity index (χ1v) is 5.63. The van der Waals surface area contributed by atoms with E-state index in [1.807, 2.05) is 0 Å². The minimum atomic E-state index is -0.997. The Kier molecular flexibility index (Phi) is 4.07. The van der Waals surface area contributed by atoms with Crippen molar-refractivity contribution in [2.45, 2.75) is 6.92 Å². The Morgan fingerprint density at radius 1 is 1.31 bits per heavy atom. The Morgan fingerprint density at radius 3 is 2.25 bits per heavy atom. The number of halogens is 2. The van der Waals surface area contributed by atoms with Gasteiger partial charge < -0.3 is 4.74 Å². The van der Waals surface area contributed by atoms with E-state index < -0.39 is 17.5 Å². The van der Waals surface area contributed by atoms with Gasteiger partial charge in [0.25, 0.3) is 0 Å². The molecule has 0 aliphatic carbocycles. The number of Topliss-reactive ketones (excluding diaryl/α,β-unsaturated/α-hetero) is 1. The van der Waals surface area contributed by atoms with Crippen LogP contribution in [0.3, 0.4) is 0 Å². The van der Waals surface area contributed by atoms with Crippen LogP contribution in [-0.4, -0.2) is 24.6 Å². The normalized spacial score (nSPS) is 10.0. The molecule has 0 radical (unpaired) electrons. The molecule has 0 saturated heterocycles. The van der Waals surface area contributed by atoms with Crippen LogP contribution in [0.4, 0.5) is 0 Å². The quantitative estimate of drug-likeness (QED) is 0.400. The van der Waals surface area contributed by atoms with Gasteiger partial charge in [0.05, 0.1) is 17.0 Å². The third-order valence-electron chi connectivity index (χ3n) is 1.89. The SMILES string of the molecule is COC(=O)C(=N)C(=O)c1c(Cl)sc(Cl)c1C. The Bertz CT molecular complexity index is 481. The fourth-order valence-electron chi connectivity index (χ4n) is 1.03. The van der Waals surface area contributed by atoms with Gasteiger partial charge in [-0.3, -0.25) is 10.2 Å². The zero-order chi connectivity index (χ0) is 12.5. The van der Waals surface area contributed by atoms with Gasteiger partial charge in [0.1, 0.15) is 4.34 Å². The molecule has 0 atom stereocenters. The third kappa shape index (κ3) is 2.26. The number of esters is 1. The number of carbonyl (C=O) groups is 2. The van der Waals surface area contributed by atoms with Gasteiger partial charge in [0.15, 0.2) is 5.71 Å². The maximum atomic E-state index is 11.7. The highest BCUT2D eigenvalue weighted by molar-refractivity contribution is 7.20. The molecule has 0 bridgehead atoms. The highest BCUT2D eigenvalue weighted by atomic mass is 35.5. The van der Waals surface area contributed by atoms with Crippen LogP contribution in [0.2, 0.25) is 8.67 Å². The summed E-state index contributed by atoms with van der Waals surface area (Å²) in [6, 6.07) is 0. The number of hydrogen-bond acceptors (Lipinski definition) is 5. The standard InChI is InChI=1S/C9H7Cl2NO3S/c1-3-4(8(11)16-7(3)10)6(13)5(12)9(14)15-2/h12H,1-2H3. The van der Waals surface area contributed by atoms with E-state index in [2.05, 4.69) is 4.74 Å². The molecule has 16 heavy (non-hydrogen) atoms. The number of ether oxygens (including phenoxy) is 1. The van der Waals surface area contributed by atoms with E-state index >= 15 is 0 Å². The summed E-state index contributed by atoms with van der Waals surface area (Å²) >= 11 is 12.6. The number of hydrogen-bond donors (Lipinski definition) is 1. The molecule has 0 fully saturated rings. The van der Waals surface area contributed by atoms with E-state index in [1.54, 1.807) is 6.92 Å². The van der Waals surface area contributed by atoms with E-state index in [1.165, 1.54) is 0 Å². The number of methoxy groups -OCH3 is 1. The molecule has 0 amide bonds. The summed E-state index contributed by atoms with van der Waals surface area (Å²) in [5.41, 5.74) is -0.204. The second-order valence-corrected chi connectivity index (χ2v) is 5.07. The van der Waals surface area contributed by atoms with Gasteiger partial charge in [-0.25, -0.2) is 4.79 Å². The smallest absolute Gasteiger partial charge is 0.360 e. The number of nitrogens with one attached hydrogen (secondary N) is 1. The Labute approximate surface area is 106 Å². The van der Waals surface area contributed by atoms with Gasteiger partial charge in [-0.15, -0.1) is 11.3 Å². The summed E-state index contributed by atoms with van der Waals surface area (Å²) in [4.78, 5) is 22.8. The molecule has 0 aliphatic rings. The average Bonchev–Trinajstić information content (AvgIpc) is 2.50. The molecule has 0 unspecified atom stereocenters. The molecule has 86 valence electrons. The second-order valence-electron chi connectivity index (χ2n) is 2.85. The fraction of sp³-hybridized carbons (Fsp3) is 0.222. The third-order valence-corrected chi connectivity index (χ3v) is 3.69. The van der Waals surface area contributed by atoms with Crippen molar-refractivity contribution in [2.75, 3.05) is 7.11 Å². The Morgan fingerprint density at radius 2 is 1.88 bits per heavy atom. The maximum Gasteiger partial charge on any atom is 0.360 e. The molecule has 1 heterocycles. The van der Waals surface area contributed by atoms with Crippen molar-refractivity contribution in [3.63, 3.8) is 0 Å². The van der Waals surface area contributed by atoms with Crippen LogP contribution in [0, 0.1) is 12.3 Å². The molecule has 0 aliphatic heterocycles. The molecule has 1 aromatic rings. The maximum absolute atomic E-state index is 11.7.